The van der Waals surface area contributed by atoms with E-state index in [1.165, 1.54) is 25.7 Å². The summed E-state index contributed by atoms with van der Waals surface area (Å²) < 4.78 is 0. The third kappa shape index (κ3) is 5.20. The van der Waals surface area contributed by atoms with Gasteiger partial charge in [-0.05, 0) is 45.1 Å². The molecule has 0 aromatic carbocycles. The molecule has 1 heterocycles. The number of carbonyl (C=O) groups is 1. The van der Waals surface area contributed by atoms with Crippen molar-refractivity contribution in [3.63, 3.8) is 0 Å². The molecule has 1 aliphatic heterocycles. The number of carboxylic acids is 1. The number of carboxylic acid groups (broad SMARTS) is 1. The van der Waals surface area contributed by atoms with Crippen molar-refractivity contribution >= 4 is 11.8 Å². The van der Waals surface area contributed by atoms with Crippen LogP contribution in [-0.2, 0) is 4.79 Å². The van der Waals surface area contributed by atoms with Gasteiger partial charge in [-0.2, -0.15) is 0 Å². The summed E-state index contributed by atoms with van der Waals surface area (Å²) in [6.45, 7) is 7.11. The molecule has 2 rings (SSSR count). The van der Waals surface area contributed by atoms with Crippen LogP contribution in [-0.4, -0.2) is 58.6 Å². The van der Waals surface area contributed by atoms with Crippen LogP contribution in [0.2, 0.25) is 0 Å². The number of aliphatic imine (C=N–C) groups is 1. The summed E-state index contributed by atoms with van der Waals surface area (Å²) in [5, 5.41) is 9.87. The number of likely N-dealkylation sites (tertiary alicyclic amines) is 1. The Morgan fingerprint density at radius 2 is 1.83 bits per heavy atom. The van der Waals surface area contributed by atoms with Crippen LogP contribution in [0.4, 0.5) is 0 Å². The number of aliphatic carboxylic acids is 1. The fourth-order valence-electron chi connectivity index (χ4n) is 4.06. The zero-order valence-electron chi connectivity index (χ0n) is 15.5. The van der Waals surface area contributed by atoms with Crippen molar-refractivity contribution in [3.05, 3.63) is 0 Å². The lowest BCUT2D eigenvalue weighted by atomic mass is 9.93. The normalized spacial score (nSPS) is 24.1. The Balaban J connectivity index is 2.21. The van der Waals surface area contributed by atoms with Crippen molar-refractivity contribution < 1.29 is 9.90 Å². The standard InChI is InChI=1S/C19H35N3O2/c1-3-5-15-22(16-11-7-6-8-12-16)18(19(23)24)20-17-13-9-10-14-21(17)4-2/h16-17H,3-15H2,1-2H3,(H,23,24)/b20-18+. The highest BCUT2D eigenvalue weighted by Crippen LogP contribution is 2.25. The average Bonchev–Trinajstić information content (AvgIpc) is 2.62. The minimum absolute atomic E-state index is 0.0440. The summed E-state index contributed by atoms with van der Waals surface area (Å²) in [5.41, 5.74) is 0. The lowest BCUT2D eigenvalue weighted by molar-refractivity contribution is -0.130. The summed E-state index contributed by atoms with van der Waals surface area (Å²) >= 11 is 0. The fourth-order valence-corrected chi connectivity index (χ4v) is 4.06. The van der Waals surface area contributed by atoms with Crippen molar-refractivity contribution in [2.24, 2.45) is 4.99 Å². The summed E-state index contributed by atoms with van der Waals surface area (Å²) in [6.07, 6.45) is 11.4. The van der Waals surface area contributed by atoms with Gasteiger partial charge in [-0.15, -0.1) is 0 Å². The first-order chi connectivity index (χ1) is 11.7. The number of unbranched alkanes of at least 4 members (excludes halogenated alkanes) is 1. The first-order valence-corrected chi connectivity index (χ1v) is 9.99. The predicted octanol–water partition coefficient (Wildman–Crippen LogP) is 3.74. The molecule has 1 aliphatic carbocycles. The van der Waals surface area contributed by atoms with E-state index >= 15 is 0 Å². The van der Waals surface area contributed by atoms with Crippen LogP contribution in [0.5, 0.6) is 0 Å². The zero-order valence-corrected chi connectivity index (χ0v) is 15.5. The summed E-state index contributed by atoms with van der Waals surface area (Å²) in [4.78, 5) is 21.3. The molecule has 0 radical (unpaired) electrons. The quantitative estimate of drug-likeness (QED) is 0.592. The molecule has 2 fully saturated rings. The summed E-state index contributed by atoms with van der Waals surface area (Å²) in [5.74, 6) is -0.529. The molecule has 1 saturated heterocycles. The van der Waals surface area contributed by atoms with Crippen LogP contribution in [0.1, 0.15) is 78.1 Å². The molecular weight excluding hydrogens is 302 g/mol. The molecule has 1 N–H and O–H groups in total. The molecule has 138 valence electrons. The molecule has 0 aromatic heterocycles. The van der Waals surface area contributed by atoms with Gasteiger partial charge in [-0.3, -0.25) is 4.90 Å². The SMILES string of the molecule is CCCCN(/C(=N/C1CCCCN1CC)C(=O)O)C1CCCCC1. The third-order valence-corrected chi connectivity index (χ3v) is 5.49. The fraction of sp³-hybridized carbons (Fsp3) is 0.895. The van der Waals surface area contributed by atoms with Crippen molar-refractivity contribution in [1.29, 1.82) is 0 Å². The maximum atomic E-state index is 12.0. The Hall–Kier alpha value is -1.10. The van der Waals surface area contributed by atoms with Gasteiger partial charge < -0.3 is 10.0 Å². The Kier molecular flexibility index (Phi) is 8.03. The molecular formula is C19H35N3O2. The number of nitrogens with zero attached hydrogens (tertiary/aromatic N) is 3. The number of hydrogen-bond donors (Lipinski definition) is 1. The smallest absolute Gasteiger partial charge is 0.371 e. The van der Waals surface area contributed by atoms with E-state index in [9.17, 15) is 9.90 Å². The van der Waals surface area contributed by atoms with Crippen molar-refractivity contribution in [2.75, 3.05) is 19.6 Å². The van der Waals surface area contributed by atoms with E-state index in [0.717, 1.165) is 58.2 Å². The largest absolute Gasteiger partial charge is 0.475 e. The maximum Gasteiger partial charge on any atom is 0.371 e. The Labute approximate surface area is 147 Å². The van der Waals surface area contributed by atoms with Crippen molar-refractivity contribution in [1.82, 2.24) is 9.80 Å². The van der Waals surface area contributed by atoms with E-state index in [-0.39, 0.29) is 6.17 Å². The average molecular weight is 338 g/mol. The molecule has 5 heteroatoms. The van der Waals surface area contributed by atoms with E-state index in [2.05, 4.69) is 23.6 Å². The Morgan fingerprint density at radius 1 is 1.12 bits per heavy atom. The first-order valence-electron chi connectivity index (χ1n) is 9.99. The molecule has 0 aromatic rings. The van der Waals surface area contributed by atoms with Gasteiger partial charge in [0.15, 0.2) is 0 Å². The van der Waals surface area contributed by atoms with Gasteiger partial charge in [0.2, 0.25) is 5.84 Å². The number of rotatable bonds is 6. The van der Waals surface area contributed by atoms with Crippen molar-refractivity contribution in [2.45, 2.75) is 90.3 Å². The highest BCUT2D eigenvalue weighted by atomic mass is 16.4. The van der Waals surface area contributed by atoms with Gasteiger partial charge in [-0.25, -0.2) is 9.79 Å². The molecule has 1 atom stereocenters. The van der Waals surface area contributed by atoms with Crippen LogP contribution < -0.4 is 0 Å². The van der Waals surface area contributed by atoms with Gasteiger partial charge >= 0.3 is 5.97 Å². The van der Waals surface area contributed by atoms with Gasteiger partial charge in [-0.1, -0.05) is 39.5 Å². The highest BCUT2D eigenvalue weighted by Gasteiger charge is 2.30. The van der Waals surface area contributed by atoms with Gasteiger partial charge in [0.1, 0.15) is 6.17 Å². The molecule has 5 nitrogen and oxygen atoms in total. The van der Waals surface area contributed by atoms with E-state index in [0.29, 0.717) is 11.9 Å². The van der Waals surface area contributed by atoms with Gasteiger partial charge in [0.05, 0.1) is 0 Å². The second-order valence-corrected chi connectivity index (χ2v) is 7.20. The van der Waals surface area contributed by atoms with Crippen LogP contribution in [0.25, 0.3) is 0 Å². The topological polar surface area (TPSA) is 56.1 Å². The van der Waals surface area contributed by atoms with Gasteiger partial charge in [0, 0.05) is 19.1 Å². The first kappa shape index (κ1) is 19.2. The molecule has 0 amide bonds. The summed E-state index contributed by atoms with van der Waals surface area (Å²) in [6, 6.07) is 0.360. The minimum atomic E-state index is -0.849. The second-order valence-electron chi connectivity index (χ2n) is 7.20. The highest BCUT2D eigenvalue weighted by molar-refractivity contribution is 6.34. The summed E-state index contributed by atoms with van der Waals surface area (Å²) in [7, 11) is 0. The molecule has 0 bridgehead atoms. The monoisotopic (exact) mass is 337 g/mol. The van der Waals surface area contributed by atoms with E-state index in [1.54, 1.807) is 0 Å². The van der Waals surface area contributed by atoms with Gasteiger partial charge in [0.25, 0.3) is 0 Å². The molecule has 2 aliphatic rings. The minimum Gasteiger partial charge on any atom is -0.475 e. The lowest BCUT2D eigenvalue weighted by Crippen LogP contribution is -2.47. The maximum absolute atomic E-state index is 12.0. The molecule has 0 spiro atoms. The Bertz CT molecular complexity index is 419. The molecule has 1 saturated carbocycles. The second kappa shape index (κ2) is 10.0. The van der Waals surface area contributed by atoms with Crippen LogP contribution in [0.3, 0.4) is 0 Å². The molecule has 1 unspecified atom stereocenters. The van der Waals surface area contributed by atoms with Crippen LogP contribution >= 0.6 is 0 Å². The Morgan fingerprint density at radius 3 is 2.46 bits per heavy atom. The number of hydrogen-bond acceptors (Lipinski definition) is 3. The van der Waals surface area contributed by atoms with Crippen molar-refractivity contribution in [3.8, 4) is 0 Å². The third-order valence-electron chi connectivity index (χ3n) is 5.49. The van der Waals surface area contributed by atoms with Crippen LogP contribution in [0, 0.1) is 0 Å². The lowest BCUT2D eigenvalue weighted by Gasteiger charge is -2.37. The predicted molar refractivity (Wildman–Crippen MR) is 98.4 cm³/mol. The number of amidine groups is 1. The van der Waals surface area contributed by atoms with E-state index in [4.69, 9.17) is 4.99 Å². The molecule has 24 heavy (non-hydrogen) atoms. The van der Waals surface area contributed by atoms with E-state index in [1.807, 2.05) is 0 Å². The van der Waals surface area contributed by atoms with Crippen LogP contribution in [0.15, 0.2) is 4.99 Å². The van der Waals surface area contributed by atoms with E-state index < -0.39 is 5.97 Å². The number of piperidine rings is 1. The zero-order chi connectivity index (χ0) is 17.4.